The maximum Gasteiger partial charge on any atom is 0.328 e. The van der Waals surface area contributed by atoms with Crippen molar-refractivity contribution >= 4 is 41.4 Å². The Hall–Kier alpha value is -2.38. The summed E-state index contributed by atoms with van der Waals surface area (Å²) in [5, 5.41) is 34.8. The molecule has 0 aliphatic rings. The number of carbonyl (C=O) groups is 5. The van der Waals surface area contributed by atoms with Crippen molar-refractivity contribution in [3.05, 3.63) is 0 Å². The molecule has 0 radical (unpaired) electrons. The SMILES string of the molecule is CCC(C)C(NC(=O)C(CCSC)NC(=O)C(N)CC(=O)O)C(=O)NC(C(=O)O)C(C)O. The van der Waals surface area contributed by atoms with Crippen LogP contribution in [0.1, 0.15) is 40.0 Å². The first-order valence-electron chi connectivity index (χ1n) is 10.1. The third-order valence-corrected chi connectivity index (χ3v) is 5.46. The molecule has 184 valence electrons. The zero-order chi connectivity index (χ0) is 25.0. The number of nitrogens with two attached hydrogens (primary N) is 1. The van der Waals surface area contributed by atoms with Crippen molar-refractivity contribution in [2.24, 2.45) is 11.7 Å². The zero-order valence-electron chi connectivity index (χ0n) is 18.7. The van der Waals surface area contributed by atoms with Crippen LogP contribution in [0.3, 0.4) is 0 Å². The molecule has 0 bridgehead atoms. The van der Waals surface area contributed by atoms with Gasteiger partial charge in [-0.25, -0.2) is 4.79 Å². The number of carbonyl (C=O) groups excluding carboxylic acids is 3. The van der Waals surface area contributed by atoms with E-state index in [0.29, 0.717) is 12.2 Å². The lowest BCUT2D eigenvalue weighted by Gasteiger charge is -2.28. The van der Waals surface area contributed by atoms with Gasteiger partial charge in [0.15, 0.2) is 6.04 Å². The standard InChI is InChI=1S/C19H34N4O8S/c1-5-9(2)14(18(29)23-15(10(3)24)19(30)31)22-17(28)12(6-7-32-4)21-16(27)11(20)8-13(25)26/h9-12,14-15,24H,5-8,20H2,1-4H3,(H,21,27)(H,22,28)(H,23,29)(H,25,26)(H,30,31). The van der Waals surface area contributed by atoms with Crippen molar-refractivity contribution in [2.45, 2.75) is 70.3 Å². The van der Waals surface area contributed by atoms with Crippen LogP contribution in [0.4, 0.5) is 0 Å². The van der Waals surface area contributed by atoms with Gasteiger partial charge in [0, 0.05) is 0 Å². The fraction of sp³-hybridized carbons (Fsp3) is 0.737. The molecular weight excluding hydrogens is 444 g/mol. The van der Waals surface area contributed by atoms with Crippen molar-refractivity contribution in [2.75, 3.05) is 12.0 Å². The average molecular weight is 479 g/mol. The van der Waals surface area contributed by atoms with Gasteiger partial charge < -0.3 is 37.0 Å². The third-order valence-electron chi connectivity index (χ3n) is 4.81. The Morgan fingerprint density at radius 1 is 0.938 bits per heavy atom. The second kappa shape index (κ2) is 14.6. The Morgan fingerprint density at radius 3 is 1.94 bits per heavy atom. The molecule has 0 heterocycles. The number of carboxylic acid groups (broad SMARTS) is 2. The topological polar surface area (TPSA) is 208 Å². The Morgan fingerprint density at radius 2 is 1.50 bits per heavy atom. The lowest BCUT2D eigenvalue weighted by molar-refractivity contribution is -0.145. The fourth-order valence-electron chi connectivity index (χ4n) is 2.65. The van der Waals surface area contributed by atoms with Gasteiger partial charge in [-0.15, -0.1) is 0 Å². The first-order valence-corrected chi connectivity index (χ1v) is 11.5. The third kappa shape index (κ3) is 10.3. The molecule has 3 amide bonds. The zero-order valence-corrected chi connectivity index (χ0v) is 19.5. The van der Waals surface area contributed by atoms with Crippen molar-refractivity contribution in [1.82, 2.24) is 16.0 Å². The van der Waals surface area contributed by atoms with Gasteiger partial charge >= 0.3 is 11.9 Å². The highest BCUT2D eigenvalue weighted by Gasteiger charge is 2.34. The number of aliphatic carboxylic acids is 2. The molecule has 0 aromatic heterocycles. The van der Waals surface area contributed by atoms with Crippen LogP contribution in [0, 0.1) is 5.92 Å². The van der Waals surface area contributed by atoms with Crippen LogP contribution in [-0.2, 0) is 24.0 Å². The van der Waals surface area contributed by atoms with E-state index in [-0.39, 0.29) is 6.42 Å². The van der Waals surface area contributed by atoms with Crippen molar-refractivity contribution in [1.29, 1.82) is 0 Å². The molecule has 6 atom stereocenters. The van der Waals surface area contributed by atoms with Crippen LogP contribution in [0.2, 0.25) is 0 Å². The van der Waals surface area contributed by atoms with E-state index >= 15 is 0 Å². The highest BCUT2D eigenvalue weighted by Crippen LogP contribution is 2.11. The first kappa shape index (κ1) is 29.6. The Balaban J connectivity index is 5.51. The highest BCUT2D eigenvalue weighted by atomic mass is 32.2. The minimum atomic E-state index is -1.56. The van der Waals surface area contributed by atoms with E-state index in [2.05, 4.69) is 16.0 Å². The smallest absolute Gasteiger partial charge is 0.328 e. The predicted octanol–water partition coefficient (Wildman–Crippen LogP) is -1.49. The molecule has 0 aromatic rings. The largest absolute Gasteiger partial charge is 0.481 e. The predicted molar refractivity (Wildman–Crippen MR) is 118 cm³/mol. The molecule has 0 aromatic carbocycles. The van der Waals surface area contributed by atoms with Crippen LogP contribution in [0.5, 0.6) is 0 Å². The number of aliphatic hydroxyl groups is 1. The number of nitrogens with one attached hydrogen (secondary N) is 3. The van der Waals surface area contributed by atoms with Gasteiger partial charge in [0.1, 0.15) is 12.1 Å². The second-order valence-electron chi connectivity index (χ2n) is 7.48. The molecule has 0 saturated carbocycles. The van der Waals surface area contributed by atoms with Gasteiger partial charge in [0.2, 0.25) is 17.7 Å². The monoisotopic (exact) mass is 478 g/mol. The number of hydrogen-bond donors (Lipinski definition) is 7. The van der Waals surface area contributed by atoms with Crippen LogP contribution in [-0.4, -0.2) is 87.3 Å². The Labute approximate surface area is 191 Å². The van der Waals surface area contributed by atoms with Crippen LogP contribution < -0.4 is 21.7 Å². The summed E-state index contributed by atoms with van der Waals surface area (Å²) in [4.78, 5) is 59.8. The van der Waals surface area contributed by atoms with Crippen molar-refractivity contribution in [3.8, 4) is 0 Å². The van der Waals surface area contributed by atoms with E-state index in [1.807, 2.05) is 0 Å². The van der Waals surface area contributed by atoms with Crippen LogP contribution in [0.25, 0.3) is 0 Å². The van der Waals surface area contributed by atoms with E-state index in [9.17, 15) is 34.2 Å². The Bertz CT molecular complexity index is 676. The molecule has 0 saturated heterocycles. The highest BCUT2D eigenvalue weighted by molar-refractivity contribution is 7.98. The average Bonchev–Trinajstić information content (AvgIpc) is 2.70. The van der Waals surface area contributed by atoms with E-state index < -0.39 is 72.3 Å². The number of hydrogen-bond acceptors (Lipinski definition) is 8. The molecule has 6 unspecified atom stereocenters. The molecule has 0 fully saturated rings. The van der Waals surface area contributed by atoms with E-state index in [0.717, 1.165) is 0 Å². The molecular formula is C19H34N4O8S. The van der Waals surface area contributed by atoms with E-state index in [4.69, 9.17) is 10.8 Å². The minimum Gasteiger partial charge on any atom is -0.481 e. The molecule has 12 nitrogen and oxygen atoms in total. The molecule has 0 aliphatic heterocycles. The summed E-state index contributed by atoms with van der Waals surface area (Å²) in [5.41, 5.74) is 5.55. The summed E-state index contributed by atoms with van der Waals surface area (Å²) in [6.07, 6.45) is 0.477. The van der Waals surface area contributed by atoms with Crippen molar-refractivity contribution in [3.63, 3.8) is 0 Å². The molecule has 0 aliphatic carbocycles. The molecule has 13 heteroatoms. The minimum absolute atomic E-state index is 0.193. The number of rotatable bonds is 15. The van der Waals surface area contributed by atoms with Crippen LogP contribution in [0.15, 0.2) is 0 Å². The first-order chi connectivity index (χ1) is 14.8. The lowest BCUT2D eigenvalue weighted by Crippen LogP contribution is -2.59. The van der Waals surface area contributed by atoms with Gasteiger partial charge in [-0.05, 0) is 31.3 Å². The number of carboxylic acids is 2. The maximum absolute atomic E-state index is 12.9. The van der Waals surface area contributed by atoms with Gasteiger partial charge in [-0.1, -0.05) is 20.3 Å². The molecule has 0 spiro atoms. The fourth-order valence-corrected chi connectivity index (χ4v) is 3.12. The molecule has 8 N–H and O–H groups in total. The second-order valence-corrected chi connectivity index (χ2v) is 8.47. The summed E-state index contributed by atoms with van der Waals surface area (Å²) >= 11 is 1.42. The molecule has 0 rings (SSSR count). The van der Waals surface area contributed by atoms with Gasteiger partial charge in [0.05, 0.1) is 18.6 Å². The number of amides is 3. The summed E-state index contributed by atoms with van der Waals surface area (Å²) < 4.78 is 0. The maximum atomic E-state index is 12.9. The van der Waals surface area contributed by atoms with Crippen LogP contribution >= 0.6 is 11.8 Å². The van der Waals surface area contributed by atoms with Gasteiger partial charge in [-0.2, -0.15) is 11.8 Å². The summed E-state index contributed by atoms with van der Waals surface area (Å²) in [5.74, 6) is -4.92. The molecule has 32 heavy (non-hydrogen) atoms. The van der Waals surface area contributed by atoms with Gasteiger partial charge in [0.25, 0.3) is 0 Å². The summed E-state index contributed by atoms with van der Waals surface area (Å²) in [7, 11) is 0. The quantitative estimate of drug-likeness (QED) is 0.145. The number of aliphatic hydroxyl groups excluding tert-OH is 1. The number of thioether (sulfide) groups is 1. The van der Waals surface area contributed by atoms with Crippen molar-refractivity contribution < 1.29 is 39.3 Å². The van der Waals surface area contributed by atoms with E-state index in [1.165, 1.54) is 18.7 Å². The lowest BCUT2D eigenvalue weighted by atomic mass is 9.97. The summed E-state index contributed by atoms with van der Waals surface area (Å²) in [6, 6.07) is -5.13. The summed E-state index contributed by atoms with van der Waals surface area (Å²) in [6.45, 7) is 4.67. The van der Waals surface area contributed by atoms with Gasteiger partial charge in [-0.3, -0.25) is 19.2 Å². The van der Waals surface area contributed by atoms with E-state index in [1.54, 1.807) is 20.1 Å². The Kier molecular flexibility index (Phi) is 13.5. The normalized spacial score (nSPS) is 16.6.